The maximum Gasteiger partial charge on any atom is 0.334 e. The van der Waals surface area contributed by atoms with Gasteiger partial charge in [-0.3, -0.25) is 0 Å². The molecule has 4 nitrogen and oxygen atoms in total. The fourth-order valence-corrected chi connectivity index (χ4v) is 3.16. The summed E-state index contributed by atoms with van der Waals surface area (Å²) < 4.78 is 10.7. The first kappa shape index (κ1) is 13.2. The molecule has 3 rings (SSSR count). The first-order valence-corrected chi connectivity index (χ1v) is 6.74. The molecule has 0 aromatic heterocycles. The Balaban J connectivity index is 2.28. The van der Waals surface area contributed by atoms with Gasteiger partial charge >= 0.3 is 5.97 Å². The summed E-state index contributed by atoms with van der Waals surface area (Å²) in [6.45, 7) is 5.66. The number of benzene rings is 1. The van der Waals surface area contributed by atoms with Crippen molar-refractivity contribution < 1.29 is 19.4 Å². The molecule has 0 unspecified atom stereocenters. The number of fused-ring (bicyclic) bond motifs is 3. The Hall–Kier alpha value is -1.81. The molecular formula is C16H18O4. The van der Waals surface area contributed by atoms with Crippen LogP contribution in [0, 0.1) is 6.92 Å². The highest BCUT2D eigenvalue weighted by atomic mass is 16.6. The van der Waals surface area contributed by atoms with Gasteiger partial charge in [-0.05, 0) is 42.7 Å². The Morgan fingerprint density at radius 2 is 2.00 bits per heavy atom. The summed E-state index contributed by atoms with van der Waals surface area (Å²) in [5.41, 5.74) is 4.42. The lowest BCUT2D eigenvalue weighted by molar-refractivity contribution is -0.143. The number of carbonyl (C=O) groups excluding carboxylic acids is 1. The summed E-state index contributed by atoms with van der Waals surface area (Å²) in [5, 5.41) is 10.4. The second-order valence-electron chi connectivity index (χ2n) is 5.55. The number of carbonyl (C=O) groups is 1. The largest absolute Gasteiger partial charge is 0.496 e. The van der Waals surface area contributed by atoms with Crippen LogP contribution in [-0.4, -0.2) is 30.4 Å². The molecule has 0 saturated heterocycles. The van der Waals surface area contributed by atoms with E-state index < -0.39 is 12.2 Å². The Bertz CT molecular complexity index is 630. The van der Waals surface area contributed by atoms with Crippen molar-refractivity contribution in [1.29, 1.82) is 0 Å². The van der Waals surface area contributed by atoms with Crippen LogP contribution in [0.5, 0.6) is 5.75 Å². The van der Waals surface area contributed by atoms with Crippen molar-refractivity contribution in [1.82, 2.24) is 0 Å². The predicted octanol–water partition coefficient (Wildman–Crippen LogP) is 2.18. The van der Waals surface area contributed by atoms with E-state index in [1.54, 1.807) is 14.0 Å². The lowest BCUT2D eigenvalue weighted by Gasteiger charge is -2.34. The zero-order chi connectivity index (χ0) is 14.6. The summed E-state index contributed by atoms with van der Waals surface area (Å²) in [6, 6.07) is 3.97. The van der Waals surface area contributed by atoms with Crippen molar-refractivity contribution >= 4 is 11.5 Å². The number of hydrogen-bond donors (Lipinski definition) is 1. The Kier molecular flexibility index (Phi) is 2.87. The van der Waals surface area contributed by atoms with Crippen molar-refractivity contribution in [2.24, 2.45) is 0 Å². The first-order chi connectivity index (χ1) is 9.45. The van der Waals surface area contributed by atoms with Crippen molar-refractivity contribution in [3.8, 4) is 5.75 Å². The van der Waals surface area contributed by atoms with Crippen LogP contribution in [-0.2, 0) is 9.53 Å². The monoisotopic (exact) mass is 274 g/mol. The predicted molar refractivity (Wildman–Crippen MR) is 74.6 cm³/mol. The molecule has 0 fully saturated rings. The van der Waals surface area contributed by atoms with Gasteiger partial charge in [-0.2, -0.15) is 0 Å². The summed E-state index contributed by atoms with van der Waals surface area (Å²) in [6.07, 6.45) is -1.26. The quantitative estimate of drug-likeness (QED) is 0.797. The topological polar surface area (TPSA) is 55.8 Å². The van der Waals surface area contributed by atoms with E-state index in [4.69, 9.17) is 9.47 Å². The number of aryl methyl sites for hydroxylation is 1. The van der Waals surface area contributed by atoms with E-state index in [1.165, 1.54) is 0 Å². The molecule has 3 atom stereocenters. The molecule has 106 valence electrons. The Labute approximate surface area is 118 Å². The van der Waals surface area contributed by atoms with Gasteiger partial charge in [0.15, 0.2) is 6.10 Å². The summed E-state index contributed by atoms with van der Waals surface area (Å²) >= 11 is 0. The van der Waals surface area contributed by atoms with Crippen LogP contribution >= 0.6 is 0 Å². The first-order valence-electron chi connectivity index (χ1n) is 6.74. The molecule has 1 aromatic rings. The third kappa shape index (κ3) is 1.61. The highest BCUT2D eigenvalue weighted by Gasteiger charge is 2.45. The van der Waals surface area contributed by atoms with Crippen LogP contribution in [0.25, 0.3) is 5.57 Å². The maximum atomic E-state index is 11.8. The van der Waals surface area contributed by atoms with Crippen molar-refractivity contribution in [3.63, 3.8) is 0 Å². The molecule has 1 aliphatic heterocycles. The van der Waals surface area contributed by atoms with Crippen molar-refractivity contribution in [2.45, 2.75) is 38.9 Å². The molecule has 2 aliphatic rings. The molecule has 1 heterocycles. The van der Waals surface area contributed by atoms with Crippen LogP contribution in [0.15, 0.2) is 17.7 Å². The van der Waals surface area contributed by atoms with Crippen molar-refractivity contribution in [3.05, 3.63) is 34.4 Å². The second kappa shape index (κ2) is 4.35. The number of esters is 1. The van der Waals surface area contributed by atoms with Gasteiger partial charge in [-0.25, -0.2) is 4.79 Å². The molecule has 0 radical (unpaired) electrons. The molecule has 0 spiro atoms. The highest BCUT2D eigenvalue weighted by molar-refractivity contribution is 6.03. The van der Waals surface area contributed by atoms with Crippen LogP contribution in [0.4, 0.5) is 0 Å². The van der Waals surface area contributed by atoms with Gasteiger partial charge in [-0.1, -0.05) is 6.92 Å². The lowest BCUT2D eigenvalue weighted by atomic mass is 9.76. The van der Waals surface area contributed by atoms with E-state index in [1.807, 2.05) is 26.0 Å². The molecule has 0 amide bonds. The summed E-state index contributed by atoms with van der Waals surface area (Å²) in [7, 11) is 1.63. The van der Waals surface area contributed by atoms with Crippen molar-refractivity contribution in [2.75, 3.05) is 7.11 Å². The molecule has 0 bridgehead atoms. The minimum Gasteiger partial charge on any atom is -0.496 e. The van der Waals surface area contributed by atoms with E-state index >= 15 is 0 Å². The van der Waals surface area contributed by atoms with E-state index in [9.17, 15) is 9.90 Å². The molecule has 20 heavy (non-hydrogen) atoms. The second-order valence-corrected chi connectivity index (χ2v) is 5.55. The molecular weight excluding hydrogens is 256 g/mol. The number of methoxy groups -OCH3 is 1. The van der Waals surface area contributed by atoms with Crippen LogP contribution in [0.2, 0.25) is 0 Å². The molecule has 1 N–H and O–H groups in total. The maximum absolute atomic E-state index is 11.8. The minimum absolute atomic E-state index is 0.105. The molecule has 4 heteroatoms. The van der Waals surface area contributed by atoms with Gasteiger partial charge in [0.05, 0.1) is 7.11 Å². The van der Waals surface area contributed by atoms with E-state index in [0.29, 0.717) is 5.57 Å². The fraction of sp³-hybridized carbons (Fsp3) is 0.438. The van der Waals surface area contributed by atoms with Gasteiger partial charge in [0, 0.05) is 17.1 Å². The summed E-state index contributed by atoms with van der Waals surface area (Å²) in [4.78, 5) is 11.8. The van der Waals surface area contributed by atoms with Crippen LogP contribution < -0.4 is 4.74 Å². The number of aliphatic hydroxyl groups excluding tert-OH is 1. The normalized spacial score (nSPS) is 28.1. The van der Waals surface area contributed by atoms with Gasteiger partial charge in [0.2, 0.25) is 0 Å². The molecule has 0 saturated carbocycles. The van der Waals surface area contributed by atoms with Gasteiger partial charge < -0.3 is 14.6 Å². The average Bonchev–Trinajstić information content (AvgIpc) is 2.72. The van der Waals surface area contributed by atoms with Gasteiger partial charge in [-0.15, -0.1) is 0 Å². The smallest absolute Gasteiger partial charge is 0.334 e. The zero-order valence-electron chi connectivity index (χ0n) is 12.1. The zero-order valence-corrected chi connectivity index (χ0v) is 12.1. The van der Waals surface area contributed by atoms with E-state index in [-0.39, 0.29) is 11.9 Å². The number of hydrogen-bond acceptors (Lipinski definition) is 4. The molecule has 1 aromatic carbocycles. The average molecular weight is 274 g/mol. The number of rotatable bonds is 1. The minimum atomic E-state index is -0.716. The van der Waals surface area contributed by atoms with Crippen LogP contribution in [0.1, 0.15) is 36.5 Å². The lowest BCUT2D eigenvalue weighted by Crippen LogP contribution is -2.36. The van der Waals surface area contributed by atoms with E-state index in [2.05, 4.69) is 0 Å². The Morgan fingerprint density at radius 3 is 2.65 bits per heavy atom. The SMILES string of the molecule is COc1cc2c(cc1C)C1=C(C)C(=O)O[C@@H]1[C@H](O)[C@H]2C. The third-order valence-corrected chi connectivity index (χ3v) is 4.40. The number of aliphatic hydroxyl groups is 1. The fourth-order valence-electron chi connectivity index (χ4n) is 3.16. The highest BCUT2D eigenvalue weighted by Crippen LogP contribution is 2.46. The Morgan fingerprint density at radius 1 is 1.30 bits per heavy atom. The summed E-state index contributed by atoms with van der Waals surface area (Å²) in [5.74, 6) is 0.356. The molecule has 1 aliphatic carbocycles. The van der Waals surface area contributed by atoms with E-state index in [0.717, 1.165) is 28.0 Å². The van der Waals surface area contributed by atoms with Gasteiger partial charge in [0.25, 0.3) is 0 Å². The van der Waals surface area contributed by atoms with Gasteiger partial charge in [0.1, 0.15) is 11.9 Å². The number of ether oxygens (including phenoxy) is 2. The van der Waals surface area contributed by atoms with Crippen LogP contribution in [0.3, 0.4) is 0 Å². The standard InChI is InChI=1S/C16H18O4/c1-7-5-11-10(6-12(7)19-4)8(2)14(17)15-13(11)9(3)16(18)20-15/h5-6,8,14-15,17H,1-4H3/t8-,14+,15-/m0/s1. The third-order valence-electron chi connectivity index (χ3n) is 4.40.